The van der Waals surface area contributed by atoms with Gasteiger partial charge < -0.3 is 14.4 Å². The minimum atomic E-state index is -0.554. The van der Waals surface area contributed by atoms with Crippen LogP contribution in [0.2, 0.25) is 0 Å². The fraction of sp³-hybridized carbons (Fsp3) is 0.400. The summed E-state index contributed by atoms with van der Waals surface area (Å²) in [5.41, 5.74) is 0.549. The maximum atomic E-state index is 12.8. The first kappa shape index (κ1) is 19.4. The molecular formula is C20H22N4O4. The number of carbonyl (C=O) groups excluding carboxylic acids is 1. The van der Waals surface area contributed by atoms with Crippen LogP contribution in [-0.2, 0) is 11.3 Å². The van der Waals surface area contributed by atoms with Gasteiger partial charge in [-0.15, -0.1) is 0 Å². The van der Waals surface area contributed by atoms with Crippen molar-refractivity contribution < 1.29 is 14.3 Å². The average Bonchev–Trinajstić information content (AvgIpc) is 2.70. The van der Waals surface area contributed by atoms with Crippen LogP contribution >= 0.6 is 0 Å². The second-order valence-corrected chi connectivity index (χ2v) is 6.59. The van der Waals surface area contributed by atoms with E-state index in [-0.39, 0.29) is 24.1 Å². The minimum Gasteiger partial charge on any atom is -0.486 e. The topological polar surface area (TPSA) is 97.4 Å². The molecule has 0 radical (unpaired) electrons. The maximum absolute atomic E-state index is 12.8. The third kappa shape index (κ3) is 3.83. The molecule has 0 saturated carbocycles. The second kappa shape index (κ2) is 8.13. The van der Waals surface area contributed by atoms with Crippen molar-refractivity contribution in [2.45, 2.75) is 33.4 Å². The van der Waals surface area contributed by atoms with E-state index in [1.807, 2.05) is 37.3 Å². The molecule has 0 spiro atoms. The molecule has 2 heterocycles. The summed E-state index contributed by atoms with van der Waals surface area (Å²) in [7, 11) is 0. The number of rotatable bonds is 5. The number of aryl methyl sites for hydroxylation is 1. The van der Waals surface area contributed by atoms with Crippen molar-refractivity contribution in [3.05, 3.63) is 51.4 Å². The summed E-state index contributed by atoms with van der Waals surface area (Å²) in [5, 5.41) is 13.4. The van der Waals surface area contributed by atoms with E-state index in [1.54, 1.807) is 18.7 Å². The quantitative estimate of drug-likeness (QED) is 0.776. The van der Waals surface area contributed by atoms with Gasteiger partial charge in [-0.1, -0.05) is 12.1 Å². The zero-order valence-corrected chi connectivity index (χ0v) is 16.1. The molecule has 8 heteroatoms. The molecule has 1 atom stereocenters. The molecule has 1 amide bonds. The number of hydrogen-bond acceptors (Lipinski definition) is 6. The lowest BCUT2D eigenvalue weighted by molar-refractivity contribution is -0.133. The van der Waals surface area contributed by atoms with Gasteiger partial charge in [0.15, 0.2) is 17.6 Å². The highest BCUT2D eigenvalue weighted by Gasteiger charge is 2.25. The number of nitriles is 1. The van der Waals surface area contributed by atoms with Crippen LogP contribution in [0.1, 0.15) is 23.7 Å². The van der Waals surface area contributed by atoms with Crippen molar-refractivity contribution in [1.29, 1.82) is 5.26 Å². The van der Waals surface area contributed by atoms with Crippen molar-refractivity contribution in [2.75, 3.05) is 19.7 Å². The summed E-state index contributed by atoms with van der Waals surface area (Å²) in [4.78, 5) is 26.8. The lowest BCUT2D eigenvalue weighted by Crippen LogP contribution is -2.45. The van der Waals surface area contributed by atoms with Crippen molar-refractivity contribution >= 4 is 5.91 Å². The predicted molar refractivity (Wildman–Crippen MR) is 101 cm³/mol. The highest BCUT2D eigenvalue weighted by Crippen LogP contribution is 2.31. The monoisotopic (exact) mass is 382 g/mol. The van der Waals surface area contributed by atoms with Crippen LogP contribution in [0.3, 0.4) is 0 Å². The van der Waals surface area contributed by atoms with Gasteiger partial charge in [-0.05, 0) is 38.5 Å². The molecule has 0 aliphatic carbocycles. The molecule has 3 rings (SSSR count). The van der Waals surface area contributed by atoms with Crippen LogP contribution in [0.5, 0.6) is 11.5 Å². The number of ether oxygens (including phenoxy) is 2. The number of likely N-dealkylation sites (N-methyl/N-ethyl adjacent to an activating group) is 1. The molecule has 0 bridgehead atoms. The summed E-state index contributed by atoms with van der Waals surface area (Å²) >= 11 is 0. The standard InChI is InChI=1S/C20H22N4O4/c1-4-23(10-15-12-27-17-7-5-6-8-18(17)28-15)19(25)11-24-20(26)16(9-21)13(2)14(3)22-24/h5-8,15H,4,10-12H2,1-3H3. The Morgan fingerprint density at radius 1 is 1.36 bits per heavy atom. The number of aromatic nitrogens is 2. The van der Waals surface area contributed by atoms with Crippen molar-refractivity contribution in [3.8, 4) is 17.6 Å². The Bertz CT molecular complexity index is 993. The van der Waals surface area contributed by atoms with E-state index < -0.39 is 5.56 Å². The second-order valence-electron chi connectivity index (χ2n) is 6.59. The van der Waals surface area contributed by atoms with E-state index in [1.165, 1.54) is 0 Å². The molecule has 28 heavy (non-hydrogen) atoms. The Labute approximate surface area is 162 Å². The van der Waals surface area contributed by atoms with Gasteiger partial charge in [0, 0.05) is 6.54 Å². The van der Waals surface area contributed by atoms with Crippen LogP contribution in [0.25, 0.3) is 0 Å². The molecule has 1 aliphatic heterocycles. The van der Waals surface area contributed by atoms with E-state index in [0.717, 1.165) is 4.68 Å². The third-order valence-corrected chi connectivity index (χ3v) is 4.76. The smallest absolute Gasteiger partial charge is 0.285 e. The van der Waals surface area contributed by atoms with E-state index in [2.05, 4.69) is 5.10 Å². The number of para-hydroxylation sites is 2. The van der Waals surface area contributed by atoms with Gasteiger partial charge in [0.2, 0.25) is 5.91 Å². The largest absolute Gasteiger partial charge is 0.486 e. The third-order valence-electron chi connectivity index (χ3n) is 4.76. The van der Waals surface area contributed by atoms with Gasteiger partial charge in [0.25, 0.3) is 5.56 Å². The van der Waals surface area contributed by atoms with Crippen molar-refractivity contribution in [1.82, 2.24) is 14.7 Å². The van der Waals surface area contributed by atoms with Crippen LogP contribution in [0.15, 0.2) is 29.1 Å². The van der Waals surface area contributed by atoms with E-state index in [9.17, 15) is 14.9 Å². The molecule has 0 N–H and O–H groups in total. The molecule has 1 unspecified atom stereocenters. The van der Waals surface area contributed by atoms with Crippen LogP contribution in [0.4, 0.5) is 0 Å². The minimum absolute atomic E-state index is 0.0176. The summed E-state index contributed by atoms with van der Waals surface area (Å²) in [6.45, 7) is 6.12. The predicted octanol–water partition coefficient (Wildman–Crippen LogP) is 1.42. The SMILES string of the molecule is CCN(CC1COc2ccccc2O1)C(=O)Cn1nc(C)c(C)c(C#N)c1=O. The molecule has 1 aliphatic rings. The lowest BCUT2D eigenvalue weighted by atomic mass is 10.1. The number of hydrogen-bond donors (Lipinski definition) is 0. The van der Waals surface area contributed by atoms with Crippen molar-refractivity contribution in [2.24, 2.45) is 0 Å². The zero-order chi connectivity index (χ0) is 20.3. The molecular weight excluding hydrogens is 360 g/mol. The average molecular weight is 382 g/mol. The van der Waals surface area contributed by atoms with Crippen LogP contribution in [-0.4, -0.2) is 46.4 Å². The van der Waals surface area contributed by atoms with E-state index >= 15 is 0 Å². The Kier molecular flexibility index (Phi) is 5.64. The Morgan fingerprint density at radius 2 is 2.07 bits per heavy atom. The first-order chi connectivity index (χ1) is 13.4. The van der Waals surface area contributed by atoms with E-state index in [4.69, 9.17) is 9.47 Å². The number of benzene rings is 1. The van der Waals surface area contributed by atoms with Gasteiger partial charge in [-0.3, -0.25) is 9.59 Å². The molecule has 1 aromatic carbocycles. The van der Waals surface area contributed by atoms with Gasteiger partial charge in [0.05, 0.1) is 12.2 Å². The Hall–Kier alpha value is -3.34. The maximum Gasteiger partial charge on any atom is 0.285 e. The fourth-order valence-electron chi connectivity index (χ4n) is 3.04. The number of fused-ring (bicyclic) bond motifs is 1. The van der Waals surface area contributed by atoms with E-state index in [0.29, 0.717) is 42.5 Å². The van der Waals surface area contributed by atoms with Crippen LogP contribution < -0.4 is 15.0 Å². The Morgan fingerprint density at radius 3 is 2.75 bits per heavy atom. The highest BCUT2D eigenvalue weighted by atomic mass is 16.6. The molecule has 0 saturated heterocycles. The van der Waals surface area contributed by atoms with Gasteiger partial charge >= 0.3 is 0 Å². The number of carbonyl (C=O) groups is 1. The van der Waals surface area contributed by atoms with Crippen molar-refractivity contribution in [3.63, 3.8) is 0 Å². The van der Waals surface area contributed by atoms with Gasteiger partial charge in [-0.25, -0.2) is 4.68 Å². The normalized spacial score (nSPS) is 15.0. The zero-order valence-electron chi connectivity index (χ0n) is 16.1. The lowest BCUT2D eigenvalue weighted by Gasteiger charge is -2.31. The molecule has 1 aromatic heterocycles. The van der Waals surface area contributed by atoms with Gasteiger partial charge in [0.1, 0.15) is 24.8 Å². The number of amides is 1. The first-order valence-electron chi connectivity index (χ1n) is 9.09. The summed E-state index contributed by atoms with van der Waals surface area (Å²) < 4.78 is 12.7. The van der Waals surface area contributed by atoms with Crippen LogP contribution in [0, 0.1) is 25.2 Å². The summed E-state index contributed by atoms with van der Waals surface area (Å²) in [5.74, 6) is 1.06. The highest BCUT2D eigenvalue weighted by molar-refractivity contribution is 5.76. The first-order valence-corrected chi connectivity index (χ1v) is 9.09. The number of nitrogens with zero attached hydrogens (tertiary/aromatic N) is 4. The van der Waals surface area contributed by atoms with Gasteiger partial charge in [-0.2, -0.15) is 10.4 Å². The molecule has 0 fully saturated rings. The molecule has 146 valence electrons. The summed E-state index contributed by atoms with van der Waals surface area (Å²) in [6.07, 6.45) is -0.307. The summed E-state index contributed by atoms with van der Waals surface area (Å²) in [6, 6.07) is 9.28. The Balaban J connectivity index is 1.72. The molecule has 8 nitrogen and oxygen atoms in total. The molecule has 2 aromatic rings. The fourth-order valence-corrected chi connectivity index (χ4v) is 3.04.